The molecule has 146 valence electrons. The number of hydrogen-bond acceptors (Lipinski definition) is 3. The minimum Gasteiger partial charge on any atom is -0.497 e. The fourth-order valence-corrected chi connectivity index (χ4v) is 4.08. The van der Waals surface area contributed by atoms with Crippen LogP contribution in [0.4, 0.5) is 10.1 Å². The van der Waals surface area contributed by atoms with Crippen LogP contribution in [0.5, 0.6) is 5.75 Å². The number of aromatic nitrogens is 1. The molecule has 5 nitrogen and oxygen atoms in total. The van der Waals surface area contributed by atoms with E-state index in [0.717, 1.165) is 32.4 Å². The molecule has 0 amide bonds. The predicted molar refractivity (Wildman–Crippen MR) is 108 cm³/mol. The van der Waals surface area contributed by atoms with E-state index in [2.05, 4.69) is 0 Å². The molecule has 1 saturated heterocycles. The Bertz CT molecular complexity index is 1060. The third-order valence-electron chi connectivity index (χ3n) is 5.17. The van der Waals surface area contributed by atoms with Gasteiger partial charge >= 0.3 is 5.97 Å². The zero-order valence-corrected chi connectivity index (χ0v) is 16.2. The third kappa shape index (κ3) is 3.07. The van der Waals surface area contributed by atoms with E-state index >= 15 is 0 Å². The molecule has 1 N–H and O–H groups in total. The average molecular weight is 403 g/mol. The number of carbonyl (C=O) groups is 1. The van der Waals surface area contributed by atoms with Crippen LogP contribution in [-0.4, -0.2) is 35.8 Å². The summed E-state index contributed by atoms with van der Waals surface area (Å²) in [5.74, 6) is -1.04. The maximum absolute atomic E-state index is 14.3. The van der Waals surface area contributed by atoms with Gasteiger partial charge in [-0.15, -0.1) is 0 Å². The fraction of sp³-hybridized carbons (Fsp3) is 0.286. The molecular weight excluding hydrogens is 383 g/mol. The van der Waals surface area contributed by atoms with Crippen LogP contribution >= 0.6 is 11.6 Å². The fourth-order valence-electron chi connectivity index (χ4n) is 3.92. The second-order valence-electron chi connectivity index (χ2n) is 6.87. The smallest absolute Gasteiger partial charge is 0.355 e. The van der Waals surface area contributed by atoms with Crippen molar-refractivity contribution in [1.29, 1.82) is 0 Å². The maximum atomic E-state index is 14.3. The number of benzene rings is 2. The van der Waals surface area contributed by atoms with Crippen LogP contribution in [-0.2, 0) is 0 Å². The highest BCUT2D eigenvalue weighted by Crippen LogP contribution is 2.40. The normalized spacial score (nSPS) is 14.5. The summed E-state index contributed by atoms with van der Waals surface area (Å²) in [5.41, 5.74) is 1.82. The number of anilines is 1. The molecule has 2 aromatic carbocycles. The second kappa shape index (κ2) is 7.36. The van der Waals surface area contributed by atoms with E-state index in [4.69, 9.17) is 16.3 Å². The first-order valence-corrected chi connectivity index (χ1v) is 9.55. The van der Waals surface area contributed by atoms with Crippen molar-refractivity contribution in [2.75, 3.05) is 25.1 Å². The van der Waals surface area contributed by atoms with Gasteiger partial charge in [-0.2, -0.15) is 0 Å². The molecular formula is C21H20ClFN2O3. The summed E-state index contributed by atoms with van der Waals surface area (Å²) in [4.78, 5) is 14.4. The highest BCUT2D eigenvalue weighted by molar-refractivity contribution is 6.31. The zero-order valence-electron chi connectivity index (χ0n) is 15.4. The lowest BCUT2D eigenvalue weighted by molar-refractivity contribution is 0.0689. The number of rotatable bonds is 4. The molecule has 0 spiro atoms. The molecule has 0 radical (unpaired) electrons. The van der Waals surface area contributed by atoms with E-state index in [1.165, 1.54) is 12.1 Å². The number of hydrogen-bond donors (Lipinski definition) is 1. The number of halogens is 2. The Hall–Kier alpha value is -2.73. The summed E-state index contributed by atoms with van der Waals surface area (Å²) < 4.78 is 21.2. The van der Waals surface area contributed by atoms with Crippen molar-refractivity contribution in [1.82, 2.24) is 4.57 Å². The molecule has 0 bridgehead atoms. The van der Waals surface area contributed by atoms with E-state index in [1.54, 1.807) is 35.9 Å². The molecule has 0 saturated carbocycles. The van der Waals surface area contributed by atoms with Gasteiger partial charge in [-0.05, 0) is 43.5 Å². The summed E-state index contributed by atoms with van der Waals surface area (Å²) in [5, 5.41) is 10.6. The standard InChI is InChI=1S/C21H20ClFN2O3/c1-28-14-7-5-6-13(10-14)25-18-12-16(22)17(23)11-15(18)19(20(25)21(26)27)24-8-3-2-4-9-24/h5-7,10-12H,2-4,8-9H2,1H3,(H,26,27). The van der Waals surface area contributed by atoms with Crippen molar-refractivity contribution in [2.24, 2.45) is 0 Å². The lowest BCUT2D eigenvalue weighted by Gasteiger charge is -2.29. The van der Waals surface area contributed by atoms with Crippen molar-refractivity contribution < 1.29 is 19.0 Å². The Kier molecular flexibility index (Phi) is 4.89. The van der Waals surface area contributed by atoms with Crippen LogP contribution in [0, 0.1) is 5.82 Å². The first-order valence-electron chi connectivity index (χ1n) is 9.17. The SMILES string of the molecule is COc1cccc(-n2c(C(=O)O)c(N3CCCCC3)c3cc(F)c(Cl)cc32)c1. The Labute approximate surface area is 166 Å². The highest BCUT2D eigenvalue weighted by Gasteiger charge is 2.29. The van der Waals surface area contributed by atoms with E-state index < -0.39 is 11.8 Å². The molecule has 1 aliphatic heterocycles. The maximum Gasteiger partial charge on any atom is 0.355 e. The van der Waals surface area contributed by atoms with Gasteiger partial charge in [-0.25, -0.2) is 9.18 Å². The number of carboxylic acids is 1. The number of methoxy groups -OCH3 is 1. The number of piperidine rings is 1. The lowest BCUT2D eigenvalue weighted by Crippen LogP contribution is -2.30. The van der Waals surface area contributed by atoms with Crippen molar-refractivity contribution in [2.45, 2.75) is 19.3 Å². The first-order chi connectivity index (χ1) is 13.5. The Morgan fingerprint density at radius 3 is 2.61 bits per heavy atom. The van der Waals surface area contributed by atoms with Gasteiger partial charge in [0.25, 0.3) is 0 Å². The summed E-state index contributed by atoms with van der Waals surface area (Å²) in [7, 11) is 1.55. The van der Waals surface area contributed by atoms with E-state index in [0.29, 0.717) is 28.0 Å². The van der Waals surface area contributed by atoms with Gasteiger partial charge in [-0.3, -0.25) is 0 Å². The van der Waals surface area contributed by atoms with Gasteiger partial charge in [0.2, 0.25) is 0 Å². The monoisotopic (exact) mass is 402 g/mol. The minimum absolute atomic E-state index is 0.0451. The van der Waals surface area contributed by atoms with Crippen molar-refractivity contribution >= 4 is 34.2 Å². The topological polar surface area (TPSA) is 54.7 Å². The molecule has 2 heterocycles. The number of ether oxygens (including phenoxy) is 1. The molecule has 1 fully saturated rings. The Morgan fingerprint density at radius 2 is 1.93 bits per heavy atom. The van der Waals surface area contributed by atoms with Gasteiger partial charge in [-0.1, -0.05) is 17.7 Å². The first kappa shape index (κ1) is 18.6. The van der Waals surface area contributed by atoms with Gasteiger partial charge < -0.3 is 19.3 Å². The highest BCUT2D eigenvalue weighted by atomic mass is 35.5. The molecule has 3 aromatic rings. The molecule has 0 aliphatic carbocycles. The summed E-state index contributed by atoms with van der Waals surface area (Å²) >= 11 is 6.06. The minimum atomic E-state index is -1.07. The third-order valence-corrected chi connectivity index (χ3v) is 5.46. The largest absolute Gasteiger partial charge is 0.497 e. The summed E-state index contributed by atoms with van der Waals surface area (Å²) in [6.07, 6.45) is 3.05. The van der Waals surface area contributed by atoms with Crippen LogP contribution in [0.25, 0.3) is 16.6 Å². The van der Waals surface area contributed by atoms with E-state index in [-0.39, 0.29) is 10.7 Å². The zero-order chi connectivity index (χ0) is 19.8. The van der Waals surface area contributed by atoms with Crippen LogP contribution in [0.15, 0.2) is 36.4 Å². The molecule has 0 atom stereocenters. The summed E-state index contributed by atoms with van der Waals surface area (Å²) in [6.45, 7) is 1.48. The van der Waals surface area contributed by atoms with E-state index in [9.17, 15) is 14.3 Å². The second-order valence-corrected chi connectivity index (χ2v) is 7.28. The van der Waals surface area contributed by atoms with E-state index in [1.807, 2.05) is 4.90 Å². The lowest BCUT2D eigenvalue weighted by atomic mass is 10.1. The number of aromatic carboxylic acids is 1. The Balaban J connectivity index is 2.08. The summed E-state index contributed by atoms with van der Waals surface area (Å²) in [6, 6.07) is 9.95. The number of fused-ring (bicyclic) bond motifs is 1. The molecule has 0 unspecified atom stereocenters. The molecule has 1 aromatic heterocycles. The number of nitrogens with zero attached hydrogens (tertiary/aromatic N) is 2. The molecule has 7 heteroatoms. The molecule has 4 rings (SSSR count). The molecule has 28 heavy (non-hydrogen) atoms. The molecule has 1 aliphatic rings. The van der Waals surface area contributed by atoms with Crippen LogP contribution in [0.3, 0.4) is 0 Å². The van der Waals surface area contributed by atoms with Crippen LogP contribution < -0.4 is 9.64 Å². The van der Waals surface area contributed by atoms with Crippen LogP contribution in [0.2, 0.25) is 5.02 Å². The Morgan fingerprint density at radius 1 is 1.18 bits per heavy atom. The quantitative estimate of drug-likeness (QED) is 0.658. The van der Waals surface area contributed by atoms with Crippen molar-refractivity contribution in [3.05, 3.63) is 52.9 Å². The van der Waals surface area contributed by atoms with Crippen molar-refractivity contribution in [3.63, 3.8) is 0 Å². The van der Waals surface area contributed by atoms with Gasteiger partial charge in [0.15, 0.2) is 5.69 Å². The van der Waals surface area contributed by atoms with Gasteiger partial charge in [0.1, 0.15) is 11.6 Å². The number of carboxylic acid groups (broad SMARTS) is 1. The van der Waals surface area contributed by atoms with Gasteiger partial charge in [0, 0.05) is 24.5 Å². The van der Waals surface area contributed by atoms with Gasteiger partial charge in [0.05, 0.1) is 29.0 Å². The van der Waals surface area contributed by atoms with Crippen LogP contribution in [0.1, 0.15) is 29.8 Å². The predicted octanol–water partition coefficient (Wildman–Crippen LogP) is 5.12. The average Bonchev–Trinajstić information content (AvgIpc) is 3.03. The van der Waals surface area contributed by atoms with Crippen molar-refractivity contribution in [3.8, 4) is 11.4 Å².